The van der Waals surface area contributed by atoms with Gasteiger partial charge in [0.25, 0.3) is 12.2 Å². The maximum Gasteiger partial charge on any atom is 0.434 e. The predicted molar refractivity (Wildman–Crippen MR) is 143 cm³/mol. The van der Waals surface area contributed by atoms with Crippen LogP contribution in [0.2, 0.25) is 0 Å². The van der Waals surface area contributed by atoms with Crippen LogP contribution in [0, 0.1) is 20.8 Å². The van der Waals surface area contributed by atoms with E-state index in [0.717, 1.165) is 27.7 Å². The molecule has 264 valence electrons. The van der Waals surface area contributed by atoms with E-state index in [0.29, 0.717) is 5.56 Å². The first-order valence-electron chi connectivity index (χ1n) is 13.3. The molecule has 0 atom stereocenters. The number of aromatic nitrogens is 1. The van der Waals surface area contributed by atoms with Crippen LogP contribution in [0.5, 0.6) is 5.75 Å². The highest BCUT2D eigenvalue weighted by Crippen LogP contribution is 2.43. The van der Waals surface area contributed by atoms with Gasteiger partial charge in [-0.15, -0.1) is 0 Å². The maximum absolute atomic E-state index is 13.2. The topological polar surface area (TPSA) is 90.0 Å². The molecule has 0 spiro atoms. The molecule has 48 heavy (non-hydrogen) atoms. The van der Waals surface area contributed by atoms with Gasteiger partial charge in [0.1, 0.15) is 5.75 Å². The Bertz CT molecular complexity index is 1680. The molecule has 0 radical (unpaired) electrons. The van der Waals surface area contributed by atoms with Crippen LogP contribution in [0.15, 0.2) is 40.0 Å². The van der Waals surface area contributed by atoms with E-state index in [1.165, 1.54) is 25.3 Å². The predicted octanol–water partition coefficient (Wildman–Crippen LogP) is 8.19. The summed E-state index contributed by atoms with van der Waals surface area (Å²) < 4.78 is 171. The first-order valence-corrected chi connectivity index (χ1v) is 13.3. The van der Waals surface area contributed by atoms with Crippen molar-refractivity contribution in [1.29, 1.82) is 0 Å². The van der Waals surface area contributed by atoms with E-state index in [1.807, 2.05) is 0 Å². The number of allylic oxidation sites excluding steroid dienone is 1. The fourth-order valence-corrected chi connectivity index (χ4v) is 4.90. The Morgan fingerprint density at radius 3 is 1.69 bits per heavy atom. The monoisotopic (exact) mass is 708 g/mol. The van der Waals surface area contributed by atoms with Crippen molar-refractivity contribution in [1.82, 2.24) is 4.98 Å². The lowest BCUT2D eigenvalue weighted by molar-refractivity contribution is -0.312. The number of nitrogens with one attached hydrogen (secondary N) is 1. The minimum atomic E-state index is -6.04. The molecule has 1 aromatic carbocycles. The number of hydrogen-bond donors (Lipinski definition) is 1. The van der Waals surface area contributed by atoms with E-state index in [-0.39, 0.29) is 45.1 Å². The number of aliphatic imine (C=N–C) groups is 1. The number of hydrogen-bond acceptors (Lipinski definition) is 6. The van der Waals surface area contributed by atoms with Crippen LogP contribution in [0.4, 0.5) is 52.7 Å². The summed E-state index contributed by atoms with van der Waals surface area (Å²) in [6.45, 7) is 6.03. The number of benzene rings is 1. The fourth-order valence-electron chi connectivity index (χ4n) is 4.90. The Balaban J connectivity index is 2.32. The third kappa shape index (κ3) is 7.64. The van der Waals surface area contributed by atoms with Gasteiger partial charge in [-0.1, -0.05) is 12.1 Å². The summed E-state index contributed by atoms with van der Waals surface area (Å²) >= 11 is 0. The molecule has 3 rings (SSSR count). The third-order valence-electron chi connectivity index (χ3n) is 6.97. The van der Waals surface area contributed by atoms with E-state index in [4.69, 9.17) is 4.74 Å². The minimum absolute atomic E-state index is 0.0633. The van der Waals surface area contributed by atoms with Gasteiger partial charge in [0.15, 0.2) is 0 Å². The number of rotatable bonds is 7. The van der Waals surface area contributed by atoms with Crippen molar-refractivity contribution in [2.45, 2.75) is 71.5 Å². The van der Waals surface area contributed by atoms with Gasteiger partial charge in [-0.2, -0.15) is 52.7 Å². The summed E-state index contributed by atoms with van der Waals surface area (Å²) in [6.07, 6.45) is -33.1. The van der Waals surface area contributed by atoms with Crippen molar-refractivity contribution in [3.63, 3.8) is 0 Å². The van der Waals surface area contributed by atoms with Crippen molar-refractivity contribution in [2.75, 3.05) is 7.11 Å². The van der Waals surface area contributed by atoms with Crippen molar-refractivity contribution in [3.8, 4) is 5.75 Å². The number of ether oxygens (including phenoxy) is 3. The lowest BCUT2D eigenvalue weighted by Crippen LogP contribution is -2.46. The lowest BCUT2D eigenvalue weighted by atomic mass is 9.92. The van der Waals surface area contributed by atoms with Gasteiger partial charge in [0.2, 0.25) is 0 Å². The molecular weight excluding hydrogens is 684 g/mol. The largest absolute Gasteiger partial charge is 0.496 e. The summed E-state index contributed by atoms with van der Waals surface area (Å²) in [7, 11) is 1.22. The Morgan fingerprint density at radius 1 is 0.750 bits per heavy atom. The maximum atomic E-state index is 13.2. The molecule has 7 nitrogen and oxygen atoms in total. The molecular formula is C29H24F12N2O5. The van der Waals surface area contributed by atoms with Crippen LogP contribution in [0.3, 0.4) is 0 Å². The number of esters is 2. The average Bonchev–Trinajstić information content (AvgIpc) is 3.37. The van der Waals surface area contributed by atoms with Gasteiger partial charge in [-0.05, 0) is 57.4 Å². The molecule has 1 aromatic heterocycles. The second kappa shape index (κ2) is 12.9. The van der Waals surface area contributed by atoms with Gasteiger partial charge in [0.05, 0.1) is 35.3 Å². The van der Waals surface area contributed by atoms with Crippen LogP contribution in [0.25, 0.3) is 5.57 Å². The Morgan fingerprint density at radius 2 is 1.23 bits per heavy atom. The van der Waals surface area contributed by atoms with Gasteiger partial charge in [0, 0.05) is 16.8 Å². The zero-order valence-electron chi connectivity index (χ0n) is 25.4. The normalized spacial score (nSPS) is 15.7. The number of halogens is 12. The van der Waals surface area contributed by atoms with Crippen LogP contribution in [-0.4, -0.2) is 66.7 Å². The number of H-pyrrole nitrogens is 1. The summed E-state index contributed by atoms with van der Waals surface area (Å²) in [4.78, 5) is 32.4. The highest BCUT2D eigenvalue weighted by Gasteiger charge is 2.61. The summed E-state index contributed by atoms with van der Waals surface area (Å²) in [6, 6.07) is 4.41. The molecule has 0 unspecified atom stereocenters. The summed E-state index contributed by atoms with van der Waals surface area (Å²) in [5.74, 6) is -4.01. The summed E-state index contributed by atoms with van der Waals surface area (Å²) in [5, 5.41) is 0. The molecule has 0 bridgehead atoms. The molecule has 0 fully saturated rings. The van der Waals surface area contributed by atoms with Gasteiger partial charge in [-0.25, -0.2) is 9.59 Å². The van der Waals surface area contributed by atoms with Crippen LogP contribution in [0.1, 0.15) is 52.3 Å². The second-order valence-corrected chi connectivity index (χ2v) is 10.5. The Hall–Kier alpha value is -4.45. The molecule has 1 aliphatic heterocycles. The quantitative estimate of drug-likeness (QED) is 0.232. The molecule has 1 N–H and O–H groups in total. The first kappa shape index (κ1) is 38.0. The van der Waals surface area contributed by atoms with Crippen LogP contribution in [-0.2, 0) is 14.3 Å². The zero-order chi connectivity index (χ0) is 36.9. The van der Waals surface area contributed by atoms with Crippen molar-refractivity contribution in [2.24, 2.45) is 4.99 Å². The average molecular weight is 708 g/mol. The van der Waals surface area contributed by atoms with Crippen LogP contribution >= 0.6 is 0 Å². The molecule has 0 aliphatic carbocycles. The van der Waals surface area contributed by atoms with Crippen molar-refractivity contribution < 1.29 is 76.5 Å². The van der Waals surface area contributed by atoms with Gasteiger partial charge < -0.3 is 19.2 Å². The van der Waals surface area contributed by atoms with Gasteiger partial charge in [-0.3, -0.25) is 4.99 Å². The van der Waals surface area contributed by atoms with E-state index < -0.39 is 65.7 Å². The first-order chi connectivity index (χ1) is 21.7. The zero-order valence-corrected chi connectivity index (χ0v) is 25.4. The number of carbonyl (C=O) groups excluding carboxylic acids is 2. The number of carbonyl (C=O) groups is 2. The highest BCUT2D eigenvalue weighted by atomic mass is 19.4. The number of alkyl halides is 12. The molecule has 2 heterocycles. The second-order valence-electron chi connectivity index (χ2n) is 10.5. The van der Waals surface area contributed by atoms with E-state index >= 15 is 0 Å². The molecule has 0 amide bonds. The molecule has 0 saturated heterocycles. The number of aromatic amines is 1. The van der Waals surface area contributed by atoms with Crippen molar-refractivity contribution >= 4 is 23.2 Å². The van der Waals surface area contributed by atoms with E-state index in [9.17, 15) is 62.3 Å². The Kier molecular flexibility index (Phi) is 10.2. The highest BCUT2D eigenvalue weighted by molar-refractivity contribution is 6.23. The SMILES string of the molecule is COc1cc(C)ccc1/C(=C1/N=C(C)C(C(=O)OC(C(F)(F)F)C(F)(F)F)=C1C)c1[nH]c(C)c(C(=O)OC(C(F)(F)F)C(F)(F)F)c1C. The summed E-state index contributed by atoms with van der Waals surface area (Å²) in [5.41, 5.74) is -2.86. The number of methoxy groups -OCH3 is 1. The molecule has 19 heteroatoms. The fraction of sp³-hybridized carbons (Fsp3) is 0.414. The Labute approximate surface area is 263 Å². The van der Waals surface area contributed by atoms with E-state index in [1.54, 1.807) is 6.92 Å². The number of nitrogens with zero attached hydrogens (tertiary/aromatic N) is 1. The van der Waals surface area contributed by atoms with Crippen LogP contribution < -0.4 is 4.74 Å². The molecule has 2 aromatic rings. The van der Waals surface area contributed by atoms with E-state index in [2.05, 4.69) is 19.5 Å². The molecule has 0 saturated carbocycles. The van der Waals surface area contributed by atoms with Crippen molar-refractivity contribution in [3.05, 3.63) is 68.7 Å². The standard InChI is InChI=1S/C29H24F12N2O5/c1-10-7-8-15(16(9-10)46-6)19(20-11(2)17(13(4)42-20)22(44)47-24(26(30,31)32)27(33,34)35)21-12(3)18(14(5)43-21)23(45)48-25(28(36,37)38)29(39,40)41/h7-9,24-25,42H,1-6H3/b21-19-. The minimum Gasteiger partial charge on any atom is -0.496 e. The molecule has 1 aliphatic rings. The van der Waals surface area contributed by atoms with Gasteiger partial charge >= 0.3 is 36.6 Å². The third-order valence-corrected chi connectivity index (χ3v) is 6.97. The number of aryl methyl sites for hydroxylation is 2. The lowest BCUT2D eigenvalue weighted by Gasteiger charge is -2.23. The smallest absolute Gasteiger partial charge is 0.434 e.